The van der Waals surface area contributed by atoms with Gasteiger partial charge in [0.25, 0.3) is 0 Å². The second-order valence-electron chi connectivity index (χ2n) is 36.4. The number of likely N-dealkylation sites (tertiary alicyclic amines) is 1. The molecule has 0 unspecified atom stereocenters. The molecule has 0 spiro atoms. The van der Waals surface area contributed by atoms with Crippen LogP contribution in [0.15, 0.2) is 293 Å². The lowest BCUT2D eigenvalue weighted by atomic mass is 10.0. The van der Waals surface area contributed by atoms with Gasteiger partial charge in [-0.25, -0.2) is 37.5 Å². The van der Waals surface area contributed by atoms with E-state index in [1.165, 1.54) is 67.8 Å². The van der Waals surface area contributed by atoms with E-state index in [-0.39, 0.29) is 29.4 Å². The molecule has 3 fully saturated rings. The van der Waals surface area contributed by atoms with Crippen molar-refractivity contribution >= 4 is 105 Å². The molecule has 0 aliphatic carbocycles. The number of aromatic amines is 8. The number of hydrogen-bond acceptors (Lipinski definition) is 21. The molecular weight excluding hydrogens is 1820 g/mol. The largest absolute Gasteiger partial charge is 0.393 e. The van der Waals surface area contributed by atoms with Gasteiger partial charge in [0.05, 0.1) is 133 Å². The number of nitrogens with zero attached hydrogens (tertiary/aromatic N) is 20. The van der Waals surface area contributed by atoms with Crippen LogP contribution >= 0.6 is 0 Å². The molecule has 8 aromatic carbocycles. The fraction of sp³-hybridized carbons (Fsp3) is 0.135. The quantitative estimate of drug-likeness (QED) is 0.0382. The maximum absolute atomic E-state index is 13.9. The van der Waals surface area contributed by atoms with Gasteiger partial charge in [0.2, 0.25) is 0 Å². The van der Waals surface area contributed by atoms with Crippen LogP contribution in [-0.2, 0) is 6.54 Å². The van der Waals surface area contributed by atoms with Crippen LogP contribution in [0.4, 0.5) is 34.6 Å². The summed E-state index contributed by atoms with van der Waals surface area (Å²) in [5.41, 5.74) is 31.1. The number of pyridine rings is 8. The van der Waals surface area contributed by atoms with Gasteiger partial charge in [-0.1, -0.05) is 72.8 Å². The SMILES string of the molecule is CN(C)c1cncc(-c2ccc3[nH]nc(-c4nc5c(-c6cccc(F)c6)cncc5[nH]4)c3c2)c1.Fc1cccc(-c2cncc3[nH]c(-c4n[nH]c5ccc(-c6cncc(N7CCC7)c6)cc45)nc23)c1.Fc1cccc(-c2cncc3[nH]c(-c4n[nH]c5ccc(-c6cncc(N7CCCC7)c6)cc45)nc23)c1.OC1CCN(Cc2cncc(-c3ccc4[nH]nc(-c5nc6c(-c7cccc(F)c7)cncc6[nH]5)c4c3)c2)CC1. The zero-order valence-electron chi connectivity index (χ0n) is 77.7. The Morgan fingerprint density at radius 2 is 0.611 bits per heavy atom. The van der Waals surface area contributed by atoms with E-state index in [2.05, 4.69) is 182 Å². The van der Waals surface area contributed by atoms with Gasteiger partial charge in [-0.3, -0.25) is 65.2 Å². The highest BCUT2D eigenvalue weighted by Gasteiger charge is 2.26. The fourth-order valence-corrected chi connectivity index (χ4v) is 19.1. The maximum atomic E-state index is 13.9. The summed E-state index contributed by atoms with van der Waals surface area (Å²) >= 11 is 0. The lowest BCUT2D eigenvalue weighted by molar-refractivity contribution is 0.0792. The van der Waals surface area contributed by atoms with Crippen molar-refractivity contribution < 1.29 is 22.7 Å². The lowest BCUT2D eigenvalue weighted by Gasteiger charge is -2.33. The number of fused-ring (bicyclic) bond motifs is 8. The Hall–Kier alpha value is -18.2. The Kier molecular flexibility index (Phi) is 23.2. The first-order valence-electron chi connectivity index (χ1n) is 47.3. The van der Waals surface area contributed by atoms with E-state index >= 15 is 0 Å². The maximum Gasteiger partial charge on any atom is 0.159 e. The molecule has 706 valence electrons. The van der Waals surface area contributed by atoms with Crippen LogP contribution in [0.25, 0.3) is 223 Å². The van der Waals surface area contributed by atoms with Crippen LogP contribution in [0.1, 0.15) is 37.7 Å². The molecule has 9 N–H and O–H groups in total. The van der Waals surface area contributed by atoms with Gasteiger partial charge in [0.1, 0.15) is 46.0 Å². The van der Waals surface area contributed by atoms with Gasteiger partial charge >= 0.3 is 0 Å². The summed E-state index contributed by atoms with van der Waals surface area (Å²) in [4.78, 5) is 77.1. The van der Waals surface area contributed by atoms with E-state index in [1.54, 1.807) is 73.8 Å². The third kappa shape index (κ3) is 17.7. The normalized spacial score (nSPS) is 13.4. The van der Waals surface area contributed by atoms with Crippen molar-refractivity contribution in [2.75, 3.05) is 68.1 Å². The van der Waals surface area contributed by atoms with Gasteiger partial charge in [0, 0.05) is 182 Å². The fourth-order valence-electron chi connectivity index (χ4n) is 19.1. The number of benzene rings is 8. The number of aromatic nitrogens is 24. The molecule has 3 aliphatic rings. The van der Waals surface area contributed by atoms with Crippen molar-refractivity contribution in [1.82, 2.24) is 125 Å². The second kappa shape index (κ2) is 37.8. The van der Waals surface area contributed by atoms with Crippen LogP contribution in [-0.4, -0.2) is 190 Å². The lowest BCUT2D eigenvalue weighted by Crippen LogP contribution is -2.36. The van der Waals surface area contributed by atoms with Gasteiger partial charge in [0.15, 0.2) is 23.3 Å². The minimum absolute atomic E-state index is 0.183. The van der Waals surface area contributed by atoms with Crippen LogP contribution in [0.5, 0.6) is 0 Å². The first-order chi connectivity index (χ1) is 70.6. The summed E-state index contributed by atoms with van der Waals surface area (Å²) in [7, 11) is 3.99. The highest BCUT2D eigenvalue weighted by Crippen LogP contribution is 2.42. The summed E-state index contributed by atoms with van der Waals surface area (Å²) in [6, 6.07) is 59.2. The Balaban J connectivity index is 0.000000103. The van der Waals surface area contributed by atoms with Gasteiger partial charge < -0.3 is 39.7 Å². The van der Waals surface area contributed by atoms with Crippen molar-refractivity contribution in [2.45, 2.75) is 44.8 Å². The van der Waals surface area contributed by atoms with Crippen LogP contribution in [0.3, 0.4) is 0 Å². The minimum Gasteiger partial charge on any atom is -0.393 e. The number of hydrogen-bond donors (Lipinski definition) is 9. The highest BCUT2D eigenvalue weighted by molar-refractivity contribution is 6.04. The van der Waals surface area contributed by atoms with Crippen LogP contribution in [0.2, 0.25) is 0 Å². The summed E-state index contributed by atoms with van der Waals surface area (Å²) in [6.07, 6.45) is 34.0. The van der Waals surface area contributed by atoms with Gasteiger partial charge in [-0.2, -0.15) is 20.4 Å². The van der Waals surface area contributed by atoms with Crippen LogP contribution in [0, 0.1) is 23.3 Å². The summed E-state index contributed by atoms with van der Waals surface area (Å²) in [6.45, 7) is 6.91. The monoisotopic (exact) mass is 1900 g/mol. The molecule has 16 aromatic heterocycles. The first kappa shape index (κ1) is 88.5. The molecule has 19 heterocycles. The standard InChI is InChI=1S/C30H26FN7O.C28H22FN7.C27H20FN7.C26H20FN7/c31-22-3-1-2-20(11-22)25-15-33-16-27-28(25)35-30(34-27)29-24-12-19(4-5-26(24)36-37-29)21-10-18(13-32-14-21)17-38-8-6-23(39)7-9-38;29-20-5-3-4-18(10-20)23-15-31-16-25-26(23)33-28(32-25)27-22-12-17(6-7-24(22)34-35-27)19-11-21(14-30-13-19)36-8-1-2-9-36;28-19-4-1-3-17(9-19)22-14-30-15-24-25(22)32-27(31-24)26-21-11-16(5-6-23(21)33-34-26)18-10-20(13-29-12-18)35-7-2-8-35;1-34(2)19-9-17(11-28-12-19)15-6-7-22-20(10-15)25(33-32-22)26-30-23-14-29-13-21(24(23)31-26)16-4-3-5-18(27)8-16/h1-5,10-16,23,39H,6-9,17H2,(H,34,35)(H,36,37);3-7,10-16H,1-2,8-9H2,(H,32,33)(H,34,35);1,3-6,9-15H,2,7-8H2,(H,31,32)(H,33,34);3-14H,1-2H3,(H,30,31)(H,32,33). The third-order valence-electron chi connectivity index (χ3n) is 26.7. The topological polar surface area (TPSA) is 366 Å². The van der Waals surface area contributed by atoms with Crippen LogP contribution < -0.4 is 14.7 Å². The number of nitrogens with one attached hydrogen (secondary N) is 8. The molecule has 0 atom stereocenters. The first-order valence-corrected chi connectivity index (χ1v) is 47.3. The highest BCUT2D eigenvalue weighted by atomic mass is 19.1. The third-order valence-corrected chi connectivity index (χ3v) is 26.7. The molecule has 0 radical (unpaired) electrons. The van der Waals surface area contributed by atoms with Crippen molar-refractivity contribution in [2.24, 2.45) is 0 Å². The number of H-pyrrole nitrogens is 8. The molecule has 0 amide bonds. The van der Waals surface area contributed by atoms with Gasteiger partial charge in [-0.15, -0.1) is 0 Å². The molecule has 33 heteroatoms. The minimum atomic E-state index is -0.306. The van der Waals surface area contributed by atoms with E-state index in [1.807, 2.05) is 123 Å². The van der Waals surface area contributed by atoms with Gasteiger partial charge in [-0.05, 0) is 204 Å². The molecule has 29 nitrogen and oxygen atoms in total. The summed E-state index contributed by atoms with van der Waals surface area (Å²) < 4.78 is 55.5. The zero-order chi connectivity index (χ0) is 97.0. The number of imidazole rings is 4. The molecule has 27 rings (SSSR count). The number of aliphatic hydroxyl groups is 1. The number of rotatable bonds is 17. The molecule has 3 aliphatic heterocycles. The van der Waals surface area contributed by atoms with E-state index in [0.717, 1.165) is 253 Å². The summed E-state index contributed by atoms with van der Waals surface area (Å²) in [5, 5.41) is 44.3. The zero-order valence-corrected chi connectivity index (χ0v) is 77.7. The Labute approximate surface area is 818 Å². The Morgan fingerprint density at radius 3 is 0.938 bits per heavy atom. The molecule has 144 heavy (non-hydrogen) atoms. The molecule has 0 bridgehead atoms. The predicted molar refractivity (Wildman–Crippen MR) is 554 cm³/mol. The van der Waals surface area contributed by atoms with Crippen molar-refractivity contribution in [3.05, 3.63) is 322 Å². The van der Waals surface area contributed by atoms with Crippen molar-refractivity contribution in [3.8, 4) is 135 Å². The predicted octanol–water partition coefficient (Wildman–Crippen LogP) is 22.3. The number of aliphatic hydroxyl groups excluding tert-OH is 1. The Bertz CT molecular complexity index is 8960. The van der Waals surface area contributed by atoms with Crippen molar-refractivity contribution in [1.29, 1.82) is 0 Å². The molecule has 3 saturated heterocycles. The molecule has 0 saturated carbocycles. The van der Waals surface area contributed by atoms with E-state index in [4.69, 9.17) is 19.9 Å². The average molecular weight is 1910 g/mol. The average Bonchev–Trinajstić information content (AvgIpc) is 1.62. The number of anilines is 3. The van der Waals surface area contributed by atoms with E-state index < -0.39 is 0 Å². The summed E-state index contributed by atoms with van der Waals surface area (Å²) in [5.74, 6) is 1.28. The van der Waals surface area contributed by atoms with E-state index in [9.17, 15) is 22.7 Å². The van der Waals surface area contributed by atoms with Crippen molar-refractivity contribution in [3.63, 3.8) is 0 Å². The smallest absolute Gasteiger partial charge is 0.159 e. The van der Waals surface area contributed by atoms with E-state index in [0.29, 0.717) is 51.3 Å². The Morgan fingerprint density at radius 1 is 0.299 bits per heavy atom. The number of piperidine rings is 1. The number of halogens is 4. The molecular formula is C111H88F4N28O. The molecule has 24 aromatic rings. The second-order valence-corrected chi connectivity index (χ2v) is 36.4.